The molecule has 2 heterocycles. The number of carbonyl (C=O) groups excluding carboxylic acids is 1. The third-order valence-electron chi connectivity index (χ3n) is 5.06. The van der Waals surface area contributed by atoms with Crippen molar-refractivity contribution in [2.75, 3.05) is 12.8 Å². The number of aromatic nitrogens is 1. The second kappa shape index (κ2) is 7.83. The van der Waals surface area contributed by atoms with Crippen molar-refractivity contribution in [3.8, 4) is 0 Å². The summed E-state index contributed by atoms with van der Waals surface area (Å²) in [6.45, 7) is 0.948. The van der Waals surface area contributed by atoms with Gasteiger partial charge in [-0.1, -0.05) is 30.3 Å². The molecule has 0 unspecified atom stereocenters. The van der Waals surface area contributed by atoms with E-state index < -0.39 is 9.84 Å². The molecule has 0 aliphatic carbocycles. The lowest BCUT2D eigenvalue weighted by Crippen LogP contribution is -2.35. The molecule has 2 aromatic carbocycles. The number of carbonyl (C=O) groups is 1. The van der Waals surface area contributed by atoms with Crippen molar-refractivity contribution in [2.24, 2.45) is 0 Å². The summed E-state index contributed by atoms with van der Waals surface area (Å²) in [5.74, 6) is 1.42. The second-order valence-corrected chi connectivity index (χ2v) is 9.25. The molecule has 7 heteroatoms. The topological polar surface area (TPSA) is 80.5 Å². The smallest absolute Gasteiger partial charge is 0.254 e. The maximum Gasteiger partial charge on any atom is 0.254 e. The predicted molar refractivity (Wildman–Crippen MR) is 108 cm³/mol. The van der Waals surface area contributed by atoms with Crippen molar-refractivity contribution >= 4 is 15.7 Å². The van der Waals surface area contributed by atoms with E-state index >= 15 is 0 Å². The molecular weight excluding hydrogens is 388 g/mol. The predicted octanol–water partition coefficient (Wildman–Crippen LogP) is 3.06. The average molecular weight is 410 g/mol. The van der Waals surface area contributed by atoms with Crippen LogP contribution in [-0.4, -0.2) is 37.0 Å². The van der Waals surface area contributed by atoms with Crippen LogP contribution < -0.4 is 0 Å². The Bertz CT molecular complexity index is 1120. The van der Waals surface area contributed by atoms with E-state index in [0.29, 0.717) is 31.0 Å². The van der Waals surface area contributed by atoms with Crippen LogP contribution in [0, 0.1) is 0 Å². The molecule has 1 aliphatic heterocycles. The van der Waals surface area contributed by atoms with E-state index in [2.05, 4.69) is 17.1 Å². The molecule has 29 heavy (non-hydrogen) atoms. The molecule has 0 radical (unpaired) electrons. The quantitative estimate of drug-likeness (QED) is 0.646. The lowest BCUT2D eigenvalue weighted by Gasteiger charge is -2.25. The van der Waals surface area contributed by atoms with Gasteiger partial charge < -0.3 is 9.32 Å². The molecule has 0 N–H and O–H groups in total. The van der Waals surface area contributed by atoms with E-state index in [4.69, 9.17) is 4.42 Å². The van der Waals surface area contributed by atoms with Crippen molar-refractivity contribution < 1.29 is 17.6 Å². The number of oxazole rings is 1. The zero-order valence-electron chi connectivity index (χ0n) is 16.2. The van der Waals surface area contributed by atoms with Gasteiger partial charge in [0.25, 0.3) is 5.91 Å². The van der Waals surface area contributed by atoms with Crippen LogP contribution in [0.4, 0.5) is 0 Å². The second-order valence-electron chi connectivity index (χ2n) is 7.24. The fraction of sp³-hybridized carbons (Fsp3) is 0.273. The Hall–Kier alpha value is -2.93. The van der Waals surface area contributed by atoms with Crippen LogP contribution in [0.25, 0.3) is 0 Å². The molecule has 3 aromatic rings. The molecule has 150 valence electrons. The Morgan fingerprint density at radius 1 is 1.07 bits per heavy atom. The first-order chi connectivity index (χ1) is 13.9. The van der Waals surface area contributed by atoms with E-state index in [-0.39, 0.29) is 10.8 Å². The van der Waals surface area contributed by atoms with Crippen molar-refractivity contribution in [3.05, 3.63) is 83.1 Å². The molecule has 0 fully saturated rings. The number of fused-ring (bicyclic) bond motifs is 1. The maximum absolute atomic E-state index is 12.8. The first kappa shape index (κ1) is 19.4. The van der Waals surface area contributed by atoms with E-state index in [1.807, 2.05) is 18.2 Å². The van der Waals surface area contributed by atoms with Gasteiger partial charge in [0.05, 0.1) is 11.4 Å². The number of rotatable bonds is 5. The van der Waals surface area contributed by atoms with Gasteiger partial charge in [0.15, 0.2) is 15.7 Å². The first-order valence-corrected chi connectivity index (χ1v) is 11.4. The number of aryl methyl sites for hydroxylation is 2. The molecule has 0 bridgehead atoms. The monoisotopic (exact) mass is 410 g/mol. The van der Waals surface area contributed by atoms with Crippen molar-refractivity contribution in [3.63, 3.8) is 0 Å². The van der Waals surface area contributed by atoms with Gasteiger partial charge in [-0.2, -0.15) is 0 Å². The van der Waals surface area contributed by atoms with Gasteiger partial charge in [-0.25, -0.2) is 13.4 Å². The van der Waals surface area contributed by atoms with Gasteiger partial charge in [0.1, 0.15) is 11.5 Å². The molecule has 4 rings (SSSR count). The fourth-order valence-electron chi connectivity index (χ4n) is 3.46. The molecule has 6 nitrogen and oxygen atoms in total. The van der Waals surface area contributed by atoms with Gasteiger partial charge in [-0.3, -0.25) is 4.79 Å². The third kappa shape index (κ3) is 4.40. The van der Waals surface area contributed by atoms with Gasteiger partial charge in [0, 0.05) is 31.2 Å². The molecule has 0 atom stereocenters. The summed E-state index contributed by atoms with van der Waals surface area (Å²) < 4.78 is 29.1. The maximum atomic E-state index is 12.8. The summed E-state index contributed by atoms with van der Waals surface area (Å²) in [7, 11) is -3.28. The van der Waals surface area contributed by atoms with E-state index in [1.54, 1.807) is 17.0 Å². The highest BCUT2D eigenvalue weighted by molar-refractivity contribution is 7.90. The van der Waals surface area contributed by atoms with E-state index in [9.17, 15) is 13.2 Å². The number of sulfone groups is 1. The van der Waals surface area contributed by atoms with Gasteiger partial charge in [0.2, 0.25) is 0 Å². The Morgan fingerprint density at radius 3 is 2.48 bits per heavy atom. The van der Waals surface area contributed by atoms with Crippen molar-refractivity contribution in [1.29, 1.82) is 0 Å². The summed E-state index contributed by atoms with van der Waals surface area (Å²) in [5, 5.41) is 0. The van der Waals surface area contributed by atoms with Gasteiger partial charge >= 0.3 is 0 Å². The Balaban J connectivity index is 1.43. The fourth-order valence-corrected chi connectivity index (χ4v) is 4.09. The SMILES string of the molecule is CS(=O)(=O)c1ccc(C(=O)N2CCc3oc(CCc4ccccc4)nc3C2)cc1. The summed E-state index contributed by atoms with van der Waals surface area (Å²) in [4.78, 5) is 19.3. The summed E-state index contributed by atoms with van der Waals surface area (Å²) in [6.07, 6.45) is 3.35. The van der Waals surface area contributed by atoms with Gasteiger partial charge in [-0.05, 0) is 36.2 Å². The molecule has 1 aromatic heterocycles. The highest BCUT2D eigenvalue weighted by Gasteiger charge is 2.26. The van der Waals surface area contributed by atoms with Crippen LogP contribution in [0.5, 0.6) is 0 Å². The Morgan fingerprint density at radius 2 is 1.79 bits per heavy atom. The number of hydrogen-bond acceptors (Lipinski definition) is 5. The third-order valence-corrected chi connectivity index (χ3v) is 6.19. The average Bonchev–Trinajstić information content (AvgIpc) is 3.14. The molecule has 1 aliphatic rings. The summed E-state index contributed by atoms with van der Waals surface area (Å²) >= 11 is 0. The first-order valence-electron chi connectivity index (χ1n) is 9.51. The number of nitrogens with zero attached hydrogens (tertiary/aromatic N) is 2. The number of hydrogen-bond donors (Lipinski definition) is 0. The summed E-state index contributed by atoms with van der Waals surface area (Å²) in [6, 6.07) is 16.2. The number of benzene rings is 2. The van der Waals surface area contributed by atoms with Crippen LogP contribution in [0.1, 0.15) is 33.3 Å². The zero-order chi connectivity index (χ0) is 20.4. The minimum Gasteiger partial charge on any atom is -0.445 e. The van der Waals surface area contributed by atoms with Crippen molar-refractivity contribution in [2.45, 2.75) is 30.7 Å². The lowest BCUT2D eigenvalue weighted by molar-refractivity contribution is 0.0727. The Labute approximate surface area is 170 Å². The van der Waals surface area contributed by atoms with Crippen LogP contribution in [0.2, 0.25) is 0 Å². The molecule has 0 spiro atoms. The van der Waals surface area contributed by atoms with Crippen molar-refractivity contribution in [1.82, 2.24) is 9.88 Å². The Kier molecular flexibility index (Phi) is 5.24. The molecule has 0 saturated heterocycles. The van der Waals surface area contributed by atoms with Gasteiger partial charge in [-0.15, -0.1) is 0 Å². The van der Waals surface area contributed by atoms with E-state index in [0.717, 1.165) is 30.6 Å². The lowest BCUT2D eigenvalue weighted by atomic mass is 10.1. The summed E-state index contributed by atoms with van der Waals surface area (Å²) in [5.41, 5.74) is 2.51. The number of amides is 1. The van der Waals surface area contributed by atoms with Crippen LogP contribution in [0.3, 0.4) is 0 Å². The minimum atomic E-state index is -3.28. The molecule has 0 saturated carbocycles. The zero-order valence-corrected chi connectivity index (χ0v) is 17.0. The van der Waals surface area contributed by atoms with Crippen LogP contribution >= 0.6 is 0 Å². The highest BCUT2D eigenvalue weighted by atomic mass is 32.2. The highest BCUT2D eigenvalue weighted by Crippen LogP contribution is 2.22. The standard InChI is InChI=1S/C22H22N2O4S/c1-29(26,27)18-10-8-17(9-11-18)22(25)24-14-13-20-19(15-24)23-21(28-20)12-7-16-5-3-2-4-6-16/h2-6,8-11H,7,12-15H2,1H3. The molecule has 1 amide bonds. The molecular formula is C22H22N2O4S. The minimum absolute atomic E-state index is 0.135. The van der Waals surface area contributed by atoms with E-state index in [1.165, 1.54) is 17.7 Å². The largest absolute Gasteiger partial charge is 0.445 e. The normalized spacial score (nSPS) is 13.9. The van der Waals surface area contributed by atoms with Crippen LogP contribution in [0.15, 0.2) is 63.9 Å². The van der Waals surface area contributed by atoms with Crippen LogP contribution in [-0.2, 0) is 35.6 Å².